The van der Waals surface area contributed by atoms with E-state index in [1.807, 2.05) is 0 Å². The number of ether oxygens (including phenoxy) is 1. The van der Waals surface area contributed by atoms with Crippen molar-refractivity contribution in [1.82, 2.24) is 14.9 Å². The largest absolute Gasteiger partial charge is 0.364 e. The maximum atomic E-state index is 11.4. The molecule has 6 heteroatoms. The number of amides is 1. The van der Waals surface area contributed by atoms with Crippen molar-refractivity contribution in [3.05, 3.63) is 28.4 Å². The Morgan fingerprint density at radius 2 is 2.43 bits per heavy atom. The Morgan fingerprint density at radius 1 is 1.71 bits per heavy atom. The molecule has 0 aromatic carbocycles. The van der Waals surface area contributed by atoms with E-state index >= 15 is 0 Å². The molecule has 14 heavy (non-hydrogen) atoms. The van der Waals surface area contributed by atoms with Gasteiger partial charge in [0.1, 0.15) is 12.3 Å². The monoisotopic (exact) mass is 197 g/mol. The molecule has 0 atom stereocenters. The van der Waals surface area contributed by atoms with Gasteiger partial charge in [-0.2, -0.15) is 0 Å². The number of aromatic nitrogens is 2. The zero-order valence-electron chi connectivity index (χ0n) is 7.98. The van der Waals surface area contributed by atoms with E-state index in [-0.39, 0.29) is 17.9 Å². The maximum absolute atomic E-state index is 11.4. The molecule has 0 bridgehead atoms. The summed E-state index contributed by atoms with van der Waals surface area (Å²) in [5.41, 5.74) is -0.374. The van der Waals surface area contributed by atoms with Crippen LogP contribution in [-0.2, 0) is 11.8 Å². The van der Waals surface area contributed by atoms with Crippen molar-refractivity contribution in [3.8, 4) is 0 Å². The summed E-state index contributed by atoms with van der Waals surface area (Å²) < 4.78 is 5.88. The molecule has 1 rings (SSSR count). The first kappa shape index (κ1) is 10.4. The number of nitrogens with zero attached hydrogens (tertiary/aromatic N) is 2. The molecule has 0 saturated carbocycles. The van der Waals surface area contributed by atoms with Gasteiger partial charge in [0.15, 0.2) is 0 Å². The van der Waals surface area contributed by atoms with Crippen LogP contribution in [-0.4, -0.2) is 29.3 Å². The average molecular weight is 197 g/mol. The van der Waals surface area contributed by atoms with Crippen LogP contribution in [0.4, 0.5) is 0 Å². The van der Waals surface area contributed by atoms with Crippen LogP contribution >= 0.6 is 0 Å². The third-order valence-electron chi connectivity index (χ3n) is 1.62. The molecule has 0 aliphatic heterocycles. The Balaban J connectivity index is 2.91. The van der Waals surface area contributed by atoms with E-state index in [0.29, 0.717) is 0 Å². The number of hydrogen-bond donors (Lipinski definition) is 1. The van der Waals surface area contributed by atoms with E-state index in [1.54, 1.807) is 0 Å². The first-order valence-corrected chi connectivity index (χ1v) is 3.94. The molecule has 0 aliphatic carbocycles. The number of nitrogens with one attached hydrogen (secondary N) is 1. The van der Waals surface area contributed by atoms with Gasteiger partial charge in [0, 0.05) is 20.4 Å². The highest BCUT2D eigenvalue weighted by Gasteiger charge is 2.10. The third-order valence-corrected chi connectivity index (χ3v) is 1.62. The minimum absolute atomic E-state index is 0.00653. The lowest BCUT2D eigenvalue weighted by molar-refractivity contribution is 0.0869. The first-order valence-electron chi connectivity index (χ1n) is 3.94. The number of carbonyl (C=O) groups excluding carboxylic acids is 1. The molecule has 76 valence electrons. The van der Waals surface area contributed by atoms with E-state index in [2.05, 4.69) is 15.0 Å². The van der Waals surface area contributed by atoms with Gasteiger partial charge in [0.2, 0.25) is 0 Å². The molecule has 1 heterocycles. The van der Waals surface area contributed by atoms with Gasteiger partial charge in [0.05, 0.1) is 6.33 Å². The van der Waals surface area contributed by atoms with Crippen molar-refractivity contribution in [2.75, 3.05) is 13.8 Å². The SMILES string of the molecule is COCNC(=O)c1cncn(C)c1=O. The molecule has 1 aromatic heterocycles. The van der Waals surface area contributed by atoms with Gasteiger partial charge in [-0.15, -0.1) is 0 Å². The third kappa shape index (κ3) is 2.17. The number of methoxy groups -OCH3 is 1. The standard InChI is InChI=1S/C8H11N3O3/c1-11-4-9-3-6(8(11)13)7(12)10-5-14-2/h3-4H,5H2,1-2H3,(H,10,12). The lowest BCUT2D eigenvalue weighted by Gasteiger charge is -2.03. The topological polar surface area (TPSA) is 73.2 Å². The summed E-state index contributed by atoms with van der Waals surface area (Å²) in [6.07, 6.45) is 2.57. The summed E-state index contributed by atoms with van der Waals surface area (Å²) in [6.45, 7) is 0.0664. The molecule has 0 radical (unpaired) electrons. The lowest BCUT2D eigenvalue weighted by atomic mass is 10.3. The van der Waals surface area contributed by atoms with Crippen LogP contribution in [0, 0.1) is 0 Å². The van der Waals surface area contributed by atoms with Crippen LogP contribution < -0.4 is 10.9 Å². The quantitative estimate of drug-likeness (QED) is 0.638. The minimum atomic E-state index is -0.486. The van der Waals surface area contributed by atoms with Crippen LogP contribution in [0.5, 0.6) is 0 Å². The van der Waals surface area contributed by atoms with Gasteiger partial charge in [-0.3, -0.25) is 9.59 Å². The van der Waals surface area contributed by atoms with Crippen LogP contribution in [0.3, 0.4) is 0 Å². The summed E-state index contributed by atoms with van der Waals surface area (Å²) in [6, 6.07) is 0. The van der Waals surface area contributed by atoms with Crippen molar-refractivity contribution in [2.45, 2.75) is 0 Å². The Bertz CT molecular complexity index is 386. The fourth-order valence-corrected chi connectivity index (χ4v) is 0.894. The van der Waals surface area contributed by atoms with Gasteiger partial charge < -0.3 is 14.6 Å². The molecule has 6 nitrogen and oxygen atoms in total. The van der Waals surface area contributed by atoms with Crippen LogP contribution in [0.15, 0.2) is 17.3 Å². The second-order valence-electron chi connectivity index (χ2n) is 2.66. The molecular weight excluding hydrogens is 186 g/mol. The van der Waals surface area contributed by atoms with Gasteiger partial charge in [-0.1, -0.05) is 0 Å². The zero-order chi connectivity index (χ0) is 10.6. The summed E-state index contributed by atoms with van der Waals surface area (Å²) >= 11 is 0. The minimum Gasteiger partial charge on any atom is -0.364 e. The van der Waals surface area contributed by atoms with E-state index in [0.717, 1.165) is 0 Å². The molecule has 0 spiro atoms. The lowest BCUT2D eigenvalue weighted by Crippen LogP contribution is -2.33. The van der Waals surface area contributed by atoms with Crippen LogP contribution in [0.2, 0.25) is 0 Å². The van der Waals surface area contributed by atoms with Crippen molar-refractivity contribution in [3.63, 3.8) is 0 Å². The zero-order valence-corrected chi connectivity index (χ0v) is 7.98. The van der Waals surface area contributed by atoms with E-state index in [4.69, 9.17) is 0 Å². The second-order valence-corrected chi connectivity index (χ2v) is 2.66. The number of carbonyl (C=O) groups is 1. The predicted molar refractivity (Wildman–Crippen MR) is 48.8 cm³/mol. The molecule has 0 fully saturated rings. The molecule has 0 unspecified atom stereocenters. The Morgan fingerprint density at radius 3 is 3.07 bits per heavy atom. The van der Waals surface area contributed by atoms with Gasteiger partial charge in [0.25, 0.3) is 11.5 Å². The highest BCUT2D eigenvalue weighted by atomic mass is 16.5. The molecule has 0 saturated heterocycles. The van der Waals surface area contributed by atoms with Gasteiger partial charge in [-0.25, -0.2) is 4.98 Å². The Kier molecular flexibility index (Phi) is 3.35. The summed E-state index contributed by atoms with van der Waals surface area (Å²) in [5.74, 6) is -0.486. The molecule has 1 amide bonds. The van der Waals surface area contributed by atoms with Crippen molar-refractivity contribution < 1.29 is 9.53 Å². The number of rotatable bonds is 3. The summed E-state index contributed by atoms with van der Waals surface area (Å²) in [5, 5.41) is 2.40. The summed E-state index contributed by atoms with van der Waals surface area (Å²) in [7, 11) is 2.98. The number of aryl methyl sites for hydroxylation is 1. The normalized spacial score (nSPS) is 9.86. The van der Waals surface area contributed by atoms with Crippen LogP contribution in [0.25, 0.3) is 0 Å². The second kappa shape index (κ2) is 4.52. The van der Waals surface area contributed by atoms with Gasteiger partial charge in [-0.05, 0) is 0 Å². The number of hydrogen-bond acceptors (Lipinski definition) is 4. The smallest absolute Gasteiger partial charge is 0.265 e. The Labute approximate surface area is 80.5 Å². The van der Waals surface area contributed by atoms with E-state index in [9.17, 15) is 9.59 Å². The summed E-state index contributed by atoms with van der Waals surface area (Å²) in [4.78, 5) is 26.5. The van der Waals surface area contributed by atoms with E-state index < -0.39 is 5.91 Å². The molecule has 1 N–H and O–H groups in total. The average Bonchev–Trinajstić information content (AvgIpc) is 2.18. The first-order chi connectivity index (χ1) is 6.66. The highest BCUT2D eigenvalue weighted by Crippen LogP contribution is 1.86. The fourth-order valence-electron chi connectivity index (χ4n) is 0.894. The van der Waals surface area contributed by atoms with Crippen LogP contribution in [0.1, 0.15) is 10.4 Å². The molecular formula is C8H11N3O3. The van der Waals surface area contributed by atoms with Gasteiger partial charge >= 0.3 is 0 Å². The molecule has 0 aliphatic rings. The van der Waals surface area contributed by atoms with Crippen molar-refractivity contribution >= 4 is 5.91 Å². The van der Waals surface area contributed by atoms with Crippen molar-refractivity contribution in [2.24, 2.45) is 7.05 Å². The fraction of sp³-hybridized carbons (Fsp3) is 0.375. The van der Waals surface area contributed by atoms with E-state index in [1.165, 1.54) is 31.2 Å². The maximum Gasteiger partial charge on any atom is 0.265 e. The Hall–Kier alpha value is -1.69. The predicted octanol–water partition coefficient (Wildman–Crippen LogP) is -0.886. The highest BCUT2D eigenvalue weighted by molar-refractivity contribution is 5.93. The molecule has 1 aromatic rings. The van der Waals surface area contributed by atoms with Crippen molar-refractivity contribution in [1.29, 1.82) is 0 Å².